The second-order valence-corrected chi connectivity index (χ2v) is 8.72. The number of ketones is 1. The molecule has 0 aromatic heterocycles. The molecule has 33 heavy (non-hydrogen) atoms. The van der Waals surface area contributed by atoms with E-state index in [2.05, 4.69) is 24.5 Å². The fourth-order valence-electron chi connectivity index (χ4n) is 3.97. The number of carbonyl (C=O) groups is 2. The maximum Gasteiger partial charge on any atom is 0.255 e. The van der Waals surface area contributed by atoms with E-state index >= 15 is 0 Å². The van der Waals surface area contributed by atoms with E-state index in [1.165, 1.54) is 12.1 Å². The standard InChI is InChI=1S/C27H26N2O4/c1-27(2)16-19-10-11-22(33-3)14-23(19)24(29-27)15-25(31)17-6-4-7-18(12-17)26(32)28-20-8-5-9-21(30)13-20/h4-15,29-30H,16H2,1-3H3,(H,28,32). The molecule has 6 nitrogen and oxygen atoms in total. The second kappa shape index (κ2) is 8.82. The molecule has 1 aliphatic rings. The van der Waals surface area contributed by atoms with E-state index in [1.54, 1.807) is 49.6 Å². The Morgan fingerprint density at radius 2 is 1.79 bits per heavy atom. The lowest BCUT2D eigenvalue weighted by atomic mass is 9.85. The van der Waals surface area contributed by atoms with Crippen molar-refractivity contribution in [2.45, 2.75) is 25.8 Å². The van der Waals surface area contributed by atoms with Gasteiger partial charge in [-0.3, -0.25) is 9.59 Å². The minimum absolute atomic E-state index is 0.0585. The lowest BCUT2D eigenvalue weighted by Gasteiger charge is -2.35. The van der Waals surface area contributed by atoms with Crippen LogP contribution in [-0.2, 0) is 6.42 Å². The zero-order chi connectivity index (χ0) is 23.6. The minimum Gasteiger partial charge on any atom is -0.508 e. The van der Waals surface area contributed by atoms with Crippen molar-refractivity contribution >= 4 is 23.1 Å². The Bertz CT molecular complexity index is 1260. The van der Waals surface area contributed by atoms with Crippen molar-refractivity contribution < 1.29 is 19.4 Å². The first-order chi connectivity index (χ1) is 15.7. The number of amides is 1. The molecule has 4 rings (SSSR count). The molecule has 1 aliphatic heterocycles. The van der Waals surface area contributed by atoms with Crippen LogP contribution >= 0.6 is 0 Å². The van der Waals surface area contributed by atoms with Crippen LogP contribution in [0.15, 0.2) is 72.8 Å². The molecule has 0 aliphatic carbocycles. The predicted octanol–water partition coefficient (Wildman–Crippen LogP) is 4.80. The number of phenols is 1. The molecule has 0 radical (unpaired) electrons. The summed E-state index contributed by atoms with van der Waals surface area (Å²) in [7, 11) is 1.61. The van der Waals surface area contributed by atoms with Crippen LogP contribution in [0.3, 0.4) is 0 Å². The highest BCUT2D eigenvalue weighted by molar-refractivity contribution is 6.11. The number of allylic oxidation sites excluding steroid dienone is 1. The molecule has 0 saturated heterocycles. The van der Waals surface area contributed by atoms with E-state index < -0.39 is 0 Å². The molecule has 0 unspecified atom stereocenters. The average Bonchev–Trinajstić information content (AvgIpc) is 2.78. The first kappa shape index (κ1) is 22.1. The van der Waals surface area contributed by atoms with E-state index in [0.717, 1.165) is 29.0 Å². The van der Waals surface area contributed by atoms with Crippen LogP contribution in [0.25, 0.3) is 5.70 Å². The number of benzene rings is 3. The maximum absolute atomic E-state index is 13.2. The monoisotopic (exact) mass is 442 g/mol. The molecule has 1 heterocycles. The van der Waals surface area contributed by atoms with Crippen molar-refractivity contribution in [2.75, 3.05) is 12.4 Å². The fourth-order valence-corrected chi connectivity index (χ4v) is 3.97. The van der Waals surface area contributed by atoms with Gasteiger partial charge in [-0.1, -0.05) is 24.3 Å². The molecule has 0 fully saturated rings. The number of methoxy groups -OCH3 is 1. The molecule has 0 atom stereocenters. The van der Waals surface area contributed by atoms with Crippen molar-refractivity contribution in [2.24, 2.45) is 0 Å². The summed E-state index contributed by atoms with van der Waals surface area (Å²) in [6.45, 7) is 4.18. The number of hydrogen-bond donors (Lipinski definition) is 3. The Hall–Kier alpha value is -4.06. The van der Waals surface area contributed by atoms with Crippen LogP contribution < -0.4 is 15.4 Å². The Morgan fingerprint density at radius 1 is 1.03 bits per heavy atom. The van der Waals surface area contributed by atoms with Gasteiger partial charge in [0.05, 0.1) is 7.11 Å². The van der Waals surface area contributed by atoms with E-state index in [-0.39, 0.29) is 23.0 Å². The van der Waals surface area contributed by atoms with Crippen molar-refractivity contribution in [1.82, 2.24) is 5.32 Å². The summed E-state index contributed by atoms with van der Waals surface area (Å²) in [5, 5.41) is 15.8. The van der Waals surface area contributed by atoms with Crippen molar-refractivity contribution in [3.05, 3.63) is 95.1 Å². The van der Waals surface area contributed by atoms with E-state index in [4.69, 9.17) is 4.74 Å². The van der Waals surface area contributed by atoms with E-state index in [0.29, 0.717) is 16.8 Å². The molecule has 0 saturated carbocycles. The maximum atomic E-state index is 13.2. The number of carbonyl (C=O) groups excluding carboxylic acids is 2. The molecule has 1 amide bonds. The predicted molar refractivity (Wildman–Crippen MR) is 129 cm³/mol. The van der Waals surface area contributed by atoms with E-state index in [1.807, 2.05) is 18.2 Å². The molecule has 3 aromatic carbocycles. The molecule has 0 spiro atoms. The van der Waals surface area contributed by atoms with Gasteiger partial charge in [0.2, 0.25) is 0 Å². The summed E-state index contributed by atoms with van der Waals surface area (Å²) < 4.78 is 5.37. The van der Waals surface area contributed by atoms with Crippen LogP contribution in [0, 0.1) is 0 Å². The number of aromatic hydroxyl groups is 1. The number of rotatable bonds is 5. The second-order valence-electron chi connectivity index (χ2n) is 8.72. The fraction of sp³-hybridized carbons (Fsp3) is 0.185. The largest absolute Gasteiger partial charge is 0.508 e. The molecule has 3 N–H and O–H groups in total. The Morgan fingerprint density at radius 3 is 2.55 bits per heavy atom. The molecule has 6 heteroatoms. The van der Waals surface area contributed by atoms with Gasteiger partial charge in [-0.05, 0) is 62.2 Å². The lowest BCUT2D eigenvalue weighted by molar-refractivity contribution is 0.102. The number of nitrogens with one attached hydrogen (secondary N) is 2. The van der Waals surface area contributed by atoms with Crippen LogP contribution in [0.2, 0.25) is 0 Å². The zero-order valence-corrected chi connectivity index (χ0v) is 18.8. The first-order valence-electron chi connectivity index (χ1n) is 10.7. The summed E-state index contributed by atoms with van der Waals surface area (Å²) in [5.41, 5.74) is 3.80. The third-order valence-corrected chi connectivity index (χ3v) is 5.50. The van der Waals surface area contributed by atoms with Crippen LogP contribution in [-0.4, -0.2) is 29.4 Å². The van der Waals surface area contributed by atoms with Crippen LogP contribution in [0.4, 0.5) is 5.69 Å². The van der Waals surface area contributed by atoms with Gasteiger partial charge in [-0.2, -0.15) is 0 Å². The third kappa shape index (κ3) is 5.06. The SMILES string of the molecule is COc1ccc2c(c1)C(=CC(=O)c1cccc(C(=O)Nc3cccc(O)c3)c1)NC(C)(C)C2. The summed E-state index contributed by atoms with van der Waals surface area (Å²) in [6, 6.07) is 18.8. The van der Waals surface area contributed by atoms with E-state index in [9.17, 15) is 14.7 Å². The number of phenolic OH excluding ortho intramolecular Hbond substituents is 1. The highest BCUT2D eigenvalue weighted by Gasteiger charge is 2.28. The molecule has 168 valence electrons. The Balaban J connectivity index is 1.62. The minimum atomic E-state index is -0.366. The summed E-state index contributed by atoms with van der Waals surface area (Å²) >= 11 is 0. The topological polar surface area (TPSA) is 87.7 Å². The smallest absolute Gasteiger partial charge is 0.255 e. The van der Waals surface area contributed by atoms with Gasteiger partial charge in [0, 0.05) is 45.8 Å². The molecule has 0 bridgehead atoms. The van der Waals surface area contributed by atoms with Crippen molar-refractivity contribution in [1.29, 1.82) is 0 Å². The average molecular weight is 443 g/mol. The zero-order valence-electron chi connectivity index (χ0n) is 18.8. The molecular weight excluding hydrogens is 416 g/mol. The molecular formula is C27H26N2O4. The summed E-state index contributed by atoms with van der Waals surface area (Å²) in [5.74, 6) is 0.202. The van der Waals surface area contributed by atoms with Gasteiger partial charge in [0.25, 0.3) is 5.91 Å². The number of ether oxygens (including phenoxy) is 1. The molecule has 3 aromatic rings. The van der Waals surface area contributed by atoms with Crippen molar-refractivity contribution in [3.8, 4) is 11.5 Å². The van der Waals surface area contributed by atoms with Crippen LogP contribution in [0.5, 0.6) is 11.5 Å². The Labute approximate surface area is 192 Å². The quantitative estimate of drug-likeness (QED) is 0.390. The first-order valence-corrected chi connectivity index (χ1v) is 10.7. The normalized spacial score (nSPS) is 15.3. The highest BCUT2D eigenvalue weighted by atomic mass is 16.5. The van der Waals surface area contributed by atoms with Gasteiger partial charge in [-0.15, -0.1) is 0 Å². The van der Waals surface area contributed by atoms with Gasteiger partial charge >= 0.3 is 0 Å². The number of hydrogen-bond acceptors (Lipinski definition) is 5. The van der Waals surface area contributed by atoms with Gasteiger partial charge in [-0.25, -0.2) is 0 Å². The van der Waals surface area contributed by atoms with Crippen LogP contribution in [0.1, 0.15) is 45.7 Å². The van der Waals surface area contributed by atoms with Gasteiger partial charge in [0.15, 0.2) is 5.78 Å². The lowest BCUT2D eigenvalue weighted by Crippen LogP contribution is -2.43. The third-order valence-electron chi connectivity index (χ3n) is 5.50. The van der Waals surface area contributed by atoms with Crippen molar-refractivity contribution in [3.63, 3.8) is 0 Å². The highest BCUT2D eigenvalue weighted by Crippen LogP contribution is 2.32. The summed E-state index contributed by atoms with van der Waals surface area (Å²) in [6.07, 6.45) is 2.40. The van der Waals surface area contributed by atoms with Gasteiger partial charge < -0.3 is 20.5 Å². The van der Waals surface area contributed by atoms with Gasteiger partial charge in [0.1, 0.15) is 11.5 Å². The number of fused-ring (bicyclic) bond motifs is 1. The summed E-state index contributed by atoms with van der Waals surface area (Å²) in [4.78, 5) is 25.8. The number of anilines is 1. The Kier molecular flexibility index (Phi) is 5.92.